The predicted molar refractivity (Wildman–Crippen MR) is 72.0 cm³/mol. The molecule has 0 unspecified atom stereocenters. The molecule has 0 saturated carbocycles. The maximum Gasteiger partial charge on any atom is 0.431 e. The van der Waals surface area contributed by atoms with Crippen LogP contribution in [0.15, 0.2) is 0 Å². The monoisotopic (exact) mass is 414 g/mol. The van der Waals surface area contributed by atoms with Gasteiger partial charge in [0.05, 0.1) is 0 Å². The van der Waals surface area contributed by atoms with Crippen LogP contribution in [0.2, 0.25) is 0 Å². The maximum absolute atomic E-state index is 13.7. The van der Waals surface area contributed by atoms with Crippen molar-refractivity contribution in [2.24, 2.45) is 0 Å². The first-order chi connectivity index (χ1) is 10.7. The highest BCUT2D eigenvalue weighted by Crippen LogP contribution is 2.52. The smallest absolute Gasteiger partial charge is 0.363 e. The lowest BCUT2D eigenvalue weighted by molar-refractivity contribution is -0.244. The second kappa shape index (κ2) is 6.22. The zero-order chi connectivity index (χ0) is 20.7. The van der Waals surface area contributed by atoms with Crippen molar-refractivity contribution in [3.05, 3.63) is 28.3 Å². The molecule has 15 heteroatoms. The molecule has 0 atom stereocenters. The molecule has 0 aromatic heterocycles. The van der Waals surface area contributed by atoms with E-state index < -0.39 is 47.3 Å². The molecule has 0 heterocycles. The lowest BCUT2D eigenvalue weighted by Crippen LogP contribution is -2.64. The number of nitrogens with zero attached hydrogens (tertiary/aromatic N) is 2. The number of sulfonamides is 1. The first-order valence-corrected chi connectivity index (χ1v) is 8.73. The van der Waals surface area contributed by atoms with Crippen LogP contribution in [0.25, 0.3) is 9.69 Å². The van der Waals surface area contributed by atoms with Gasteiger partial charge in [-0.25, -0.2) is 21.6 Å². The number of hydrogen-bond donors (Lipinski definition) is 1. The van der Waals surface area contributed by atoms with Crippen LogP contribution >= 0.6 is 0 Å². The Bertz CT molecular complexity index is 804. The Morgan fingerprint density at radius 2 is 1.20 bits per heavy atom. The van der Waals surface area contributed by atoms with Gasteiger partial charge in [-0.15, -0.1) is 0 Å². The van der Waals surface area contributed by atoms with Gasteiger partial charge in [0, 0.05) is 5.54 Å². The Hall–Kier alpha value is -1.71. The topological polar surface area (TPSA) is 89.0 Å². The summed E-state index contributed by atoms with van der Waals surface area (Å²) in [6.45, 7) is 15.2. The number of rotatable bonds is 6. The molecule has 1 N–H and O–H groups in total. The summed E-state index contributed by atoms with van der Waals surface area (Å²) in [5, 5.41) is -13.4. The van der Waals surface area contributed by atoms with Crippen LogP contribution in [0.3, 0.4) is 0 Å². The van der Waals surface area contributed by atoms with E-state index in [2.05, 4.69) is 0 Å². The largest absolute Gasteiger partial charge is 0.431 e. The Labute approximate surface area is 139 Å². The van der Waals surface area contributed by atoms with Gasteiger partial charge in [0.2, 0.25) is 0 Å². The third-order valence-electron chi connectivity index (χ3n) is 2.28. The summed E-state index contributed by atoms with van der Waals surface area (Å²) in [7, 11) is -13.4. The Balaban J connectivity index is 6.49. The van der Waals surface area contributed by atoms with E-state index in [1.807, 2.05) is 0 Å². The molecule has 0 spiro atoms. The molecule has 25 heavy (non-hydrogen) atoms. The molecular formula is C10H10F6N3O4S2-. The van der Waals surface area contributed by atoms with E-state index in [1.165, 1.54) is 0 Å². The maximum atomic E-state index is 13.7. The molecule has 7 nitrogen and oxygen atoms in total. The molecule has 0 amide bonds. The molecule has 0 fully saturated rings. The average Bonchev–Trinajstić information content (AvgIpc) is 2.35. The average molecular weight is 414 g/mol. The lowest BCUT2D eigenvalue weighted by atomic mass is 10.1. The fraction of sp³-hybridized carbons (Fsp3) is 0.700. The van der Waals surface area contributed by atoms with Crippen molar-refractivity contribution >= 4 is 19.9 Å². The van der Waals surface area contributed by atoms with Gasteiger partial charge in [-0.05, 0) is 20.8 Å². The first-order valence-electron chi connectivity index (χ1n) is 5.76. The fourth-order valence-electron chi connectivity index (χ4n) is 1.23. The van der Waals surface area contributed by atoms with E-state index >= 15 is 0 Å². The van der Waals surface area contributed by atoms with E-state index in [-0.39, 0.29) is 0 Å². The minimum absolute atomic E-state index is 0.928. The minimum atomic E-state index is -7.00. The van der Waals surface area contributed by atoms with Gasteiger partial charge < -0.3 is 9.69 Å². The predicted octanol–water partition coefficient (Wildman–Crippen LogP) is 2.23. The minimum Gasteiger partial charge on any atom is -0.363 e. The van der Waals surface area contributed by atoms with Crippen LogP contribution in [0.1, 0.15) is 20.8 Å². The first kappa shape index (κ1) is 23.3. The molecule has 0 aliphatic heterocycles. The molecule has 0 saturated heterocycles. The van der Waals surface area contributed by atoms with Crippen LogP contribution in [0.5, 0.6) is 0 Å². The summed E-state index contributed by atoms with van der Waals surface area (Å²) < 4.78 is 128. The van der Waals surface area contributed by atoms with Gasteiger partial charge in [0.15, 0.2) is 0 Å². The summed E-state index contributed by atoms with van der Waals surface area (Å²) in [5.41, 5.74) is -4.31. The van der Waals surface area contributed by atoms with E-state index in [0.717, 1.165) is 25.5 Å². The second-order valence-electron chi connectivity index (χ2n) is 5.47. The Morgan fingerprint density at radius 1 is 0.840 bits per heavy atom. The van der Waals surface area contributed by atoms with E-state index in [0.29, 0.717) is 0 Å². The number of hydrogen-bond acceptors (Lipinski definition) is 4. The quantitative estimate of drug-likeness (QED) is 0.533. The van der Waals surface area contributed by atoms with Crippen LogP contribution in [0.4, 0.5) is 26.3 Å². The molecule has 0 rings (SSSR count). The molecule has 0 aliphatic rings. The third-order valence-corrected chi connectivity index (χ3v) is 5.69. The molecule has 0 bridgehead atoms. The standard InChI is InChI=1S/C10H10F6N3O4S2/c1-7(2,3)19-25(22,23)10(15,16)8(11,12)9(13,14)24(20,21)6(17-4)18-5/h19H,1-3H3/q-1. The zero-order valence-corrected chi connectivity index (χ0v) is 14.2. The van der Waals surface area contributed by atoms with Crippen molar-refractivity contribution in [2.75, 3.05) is 0 Å². The van der Waals surface area contributed by atoms with Gasteiger partial charge in [-0.1, -0.05) is 0 Å². The van der Waals surface area contributed by atoms with Gasteiger partial charge in [0.1, 0.15) is 0 Å². The highest BCUT2D eigenvalue weighted by atomic mass is 32.2. The van der Waals surface area contributed by atoms with Gasteiger partial charge in [-0.2, -0.15) is 26.3 Å². The third kappa shape index (κ3) is 3.63. The number of nitrogens with one attached hydrogen (secondary N) is 1. The summed E-state index contributed by atoms with van der Waals surface area (Å²) in [4.78, 5) is 3.53. The molecule has 0 radical (unpaired) electrons. The summed E-state index contributed by atoms with van der Waals surface area (Å²) in [5.74, 6) is -7.00. The van der Waals surface area contributed by atoms with Crippen molar-refractivity contribution in [3.63, 3.8) is 0 Å². The van der Waals surface area contributed by atoms with Crippen LogP contribution in [-0.2, 0) is 19.9 Å². The van der Waals surface area contributed by atoms with Crippen molar-refractivity contribution in [2.45, 2.75) is 42.7 Å². The van der Waals surface area contributed by atoms with Crippen LogP contribution in [-0.4, -0.2) is 38.8 Å². The zero-order valence-electron chi connectivity index (χ0n) is 12.6. The fourth-order valence-corrected chi connectivity index (χ4v) is 3.63. The SMILES string of the molecule is [C-]#[N+][C-]([N+]#[C-])S(=O)(=O)C(F)(F)C(F)(F)C(F)(F)S(=O)(=O)NC(C)(C)C. The molecule has 0 aliphatic carbocycles. The van der Waals surface area contributed by atoms with Crippen molar-refractivity contribution < 1.29 is 43.2 Å². The highest BCUT2D eigenvalue weighted by Gasteiger charge is 2.82. The normalized spacial score (nSPS) is 14.5. The van der Waals surface area contributed by atoms with Crippen molar-refractivity contribution in [1.82, 2.24) is 4.72 Å². The van der Waals surface area contributed by atoms with Crippen LogP contribution in [0, 0.1) is 18.6 Å². The highest BCUT2D eigenvalue weighted by molar-refractivity contribution is 7.95. The number of halogens is 6. The summed E-state index contributed by atoms with van der Waals surface area (Å²) in [6.07, 6.45) is 0. The Kier molecular flexibility index (Phi) is 5.80. The lowest BCUT2D eigenvalue weighted by Gasteiger charge is -2.33. The van der Waals surface area contributed by atoms with Gasteiger partial charge in [0.25, 0.3) is 19.9 Å². The van der Waals surface area contributed by atoms with Gasteiger partial charge >= 0.3 is 21.9 Å². The second-order valence-corrected chi connectivity index (χ2v) is 9.08. The summed E-state index contributed by atoms with van der Waals surface area (Å²) in [6, 6.07) is 0. The van der Waals surface area contributed by atoms with E-state index in [1.54, 1.807) is 9.69 Å². The van der Waals surface area contributed by atoms with Crippen molar-refractivity contribution in [3.8, 4) is 0 Å². The number of sulfone groups is 1. The summed E-state index contributed by atoms with van der Waals surface area (Å²) >= 11 is 0. The van der Waals surface area contributed by atoms with Crippen molar-refractivity contribution in [1.29, 1.82) is 0 Å². The molecule has 0 aromatic carbocycles. The van der Waals surface area contributed by atoms with E-state index in [4.69, 9.17) is 13.1 Å². The molecule has 144 valence electrons. The Morgan fingerprint density at radius 3 is 1.48 bits per heavy atom. The molecular weight excluding hydrogens is 404 g/mol. The van der Waals surface area contributed by atoms with Crippen LogP contribution < -0.4 is 4.72 Å². The number of alkyl halides is 6. The van der Waals surface area contributed by atoms with Gasteiger partial charge in [-0.3, -0.25) is 13.1 Å². The molecule has 0 aromatic rings. The van der Waals surface area contributed by atoms with E-state index in [9.17, 15) is 43.2 Å².